The van der Waals surface area contributed by atoms with E-state index in [9.17, 15) is 4.79 Å². The van der Waals surface area contributed by atoms with Crippen molar-refractivity contribution in [2.24, 2.45) is 5.84 Å². The number of aliphatic hydroxyl groups excluding tert-OH is 1. The van der Waals surface area contributed by atoms with E-state index in [0.717, 1.165) is 49.3 Å². The zero-order chi connectivity index (χ0) is 22.5. The molecule has 0 radical (unpaired) electrons. The molecule has 6 N–H and O–H groups in total. The number of nitrogen functional groups attached to an aromatic ring is 1. The van der Waals surface area contributed by atoms with Gasteiger partial charge in [-0.25, -0.2) is 5.84 Å². The summed E-state index contributed by atoms with van der Waals surface area (Å²) in [7, 11) is 2.65. The molecule has 1 fully saturated rings. The number of hydrazine groups is 1. The second-order valence-corrected chi connectivity index (χ2v) is 7.39. The number of amides is 1. The molecule has 0 spiro atoms. The lowest BCUT2D eigenvalue weighted by Gasteiger charge is -2.31. The van der Waals surface area contributed by atoms with Crippen molar-refractivity contribution in [2.45, 2.75) is 19.4 Å². The summed E-state index contributed by atoms with van der Waals surface area (Å²) in [6.45, 7) is 4.81. The zero-order valence-electron chi connectivity index (χ0n) is 18.1. The van der Waals surface area contributed by atoms with Crippen LogP contribution in [0, 0.1) is 0 Å². The van der Waals surface area contributed by atoms with Crippen molar-refractivity contribution in [3.8, 4) is 5.75 Å². The molecule has 2 aliphatic rings. The number of morpholine rings is 1. The summed E-state index contributed by atoms with van der Waals surface area (Å²) in [5.41, 5.74) is 9.92. The van der Waals surface area contributed by atoms with Crippen LogP contribution in [-0.2, 0) is 11.2 Å². The number of aliphatic hydroxyl groups is 1. The van der Waals surface area contributed by atoms with E-state index in [1.54, 1.807) is 7.05 Å². The molecule has 10 nitrogen and oxygen atoms in total. The van der Waals surface area contributed by atoms with Crippen LogP contribution in [0.4, 0.5) is 22.7 Å². The third kappa shape index (κ3) is 4.82. The third-order valence-corrected chi connectivity index (χ3v) is 5.21. The molecule has 0 saturated carbocycles. The van der Waals surface area contributed by atoms with Gasteiger partial charge in [0.05, 0.1) is 47.7 Å². The average Bonchev–Trinajstić information content (AvgIpc) is 3.14. The third-order valence-electron chi connectivity index (χ3n) is 5.21. The number of ether oxygens (including phenoxy) is 2. The van der Waals surface area contributed by atoms with Gasteiger partial charge in [0.2, 0.25) is 0 Å². The number of pyridine rings is 1. The Labute approximate surface area is 181 Å². The summed E-state index contributed by atoms with van der Waals surface area (Å²) >= 11 is 0. The van der Waals surface area contributed by atoms with E-state index in [1.807, 2.05) is 19.1 Å². The quantitative estimate of drug-likeness (QED) is 0.413. The van der Waals surface area contributed by atoms with Gasteiger partial charge in [0, 0.05) is 51.5 Å². The summed E-state index contributed by atoms with van der Waals surface area (Å²) < 4.78 is 11.4. The molecule has 1 aromatic heterocycles. The number of benzene rings is 1. The summed E-state index contributed by atoms with van der Waals surface area (Å²) in [4.78, 5) is 19.3. The van der Waals surface area contributed by atoms with Crippen LogP contribution in [0.15, 0.2) is 24.5 Å². The second-order valence-electron chi connectivity index (χ2n) is 7.39. The molecular formula is C21H30N6O4. The average molecular weight is 431 g/mol. The van der Waals surface area contributed by atoms with Gasteiger partial charge in [0.1, 0.15) is 11.9 Å². The van der Waals surface area contributed by atoms with Gasteiger partial charge in [-0.15, -0.1) is 0 Å². The number of aromatic nitrogens is 1. The summed E-state index contributed by atoms with van der Waals surface area (Å²) in [5.74, 6) is 6.31. The second kappa shape index (κ2) is 9.82. The number of nitrogens with one attached hydrogen (secondary N) is 1. The van der Waals surface area contributed by atoms with Crippen molar-refractivity contribution in [3.63, 3.8) is 0 Å². The molecule has 3 heterocycles. The lowest BCUT2D eigenvalue weighted by Crippen LogP contribution is -2.36. The van der Waals surface area contributed by atoms with E-state index in [4.69, 9.17) is 26.2 Å². The number of carbonyl (C=O) groups is 1. The van der Waals surface area contributed by atoms with Crippen molar-refractivity contribution < 1.29 is 19.4 Å². The maximum atomic E-state index is 13.0. The molecule has 1 aromatic carbocycles. The normalized spacial score (nSPS) is 17.2. The van der Waals surface area contributed by atoms with Gasteiger partial charge in [-0.05, 0) is 13.0 Å². The minimum Gasteiger partial charge on any atom is -0.490 e. The lowest BCUT2D eigenvalue weighted by molar-refractivity contribution is 0.102. The van der Waals surface area contributed by atoms with Crippen LogP contribution in [0.1, 0.15) is 22.8 Å². The molecule has 10 heteroatoms. The topological polar surface area (TPSA) is 139 Å². The summed E-state index contributed by atoms with van der Waals surface area (Å²) in [6, 6.07) is 4.00. The molecule has 2 aromatic rings. The van der Waals surface area contributed by atoms with Crippen LogP contribution in [0.25, 0.3) is 0 Å². The van der Waals surface area contributed by atoms with Gasteiger partial charge in [-0.2, -0.15) is 0 Å². The number of fused-ring (bicyclic) bond motifs is 1. The van der Waals surface area contributed by atoms with Crippen LogP contribution in [0.2, 0.25) is 0 Å². The van der Waals surface area contributed by atoms with Crippen molar-refractivity contribution >= 4 is 28.7 Å². The first-order chi connectivity index (χ1) is 14.9. The first-order valence-corrected chi connectivity index (χ1v) is 10.1. The van der Waals surface area contributed by atoms with E-state index in [0.29, 0.717) is 18.9 Å². The number of nitrogens with two attached hydrogens (primary N) is 2. The Morgan fingerprint density at radius 2 is 2.00 bits per heavy atom. The van der Waals surface area contributed by atoms with Crippen LogP contribution in [0.5, 0.6) is 5.75 Å². The number of hydrogen-bond acceptors (Lipinski definition) is 9. The van der Waals surface area contributed by atoms with Crippen molar-refractivity contribution in [2.75, 3.05) is 61.4 Å². The Balaban J connectivity index is 0.00000132. The molecule has 2 aliphatic heterocycles. The fourth-order valence-electron chi connectivity index (χ4n) is 3.73. The fraction of sp³-hybridized carbons (Fsp3) is 0.429. The van der Waals surface area contributed by atoms with Gasteiger partial charge < -0.3 is 35.5 Å². The van der Waals surface area contributed by atoms with Crippen LogP contribution >= 0.6 is 0 Å². The lowest BCUT2D eigenvalue weighted by atomic mass is 10.1. The standard InChI is InChI=1S/C20H26N6O3.CH4O/c1-12-7-13-8-15(16(9-18(13)29-12)26-3-5-28-6-4-26)24-20(27)14-10-23-11-17(19(14)21)25(2)22;1-2/h8-12H,3-7,22H2,1-2H3,(H2,21,23)(H,24,27);2H,1H3. The first kappa shape index (κ1) is 22.6. The van der Waals surface area contributed by atoms with E-state index in [2.05, 4.69) is 15.2 Å². The SMILES string of the molecule is CC1Cc2cc(NC(=O)c3cncc(N(C)N)c3N)c(N3CCOCC3)cc2O1.CO. The van der Waals surface area contributed by atoms with Crippen molar-refractivity contribution in [3.05, 3.63) is 35.7 Å². The molecule has 168 valence electrons. The van der Waals surface area contributed by atoms with Crippen molar-refractivity contribution in [1.29, 1.82) is 0 Å². The van der Waals surface area contributed by atoms with Gasteiger partial charge >= 0.3 is 0 Å². The Morgan fingerprint density at radius 1 is 1.29 bits per heavy atom. The molecular weight excluding hydrogens is 400 g/mol. The molecule has 0 aliphatic carbocycles. The van der Waals surface area contributed by atoms with Crippen LogP contribution in [0.3, 0.4) is 0 Å². The number of nitrogens with zero attached hydrogens (tertiary/aromatic N) is 3. The van der Waals surface area contributed by atoms with Crippen LogP contribution < -0.4 is 31.5 Å². The van der Waals surface area contributed by atoms with E-state index in [1.165, 1.54) is 17.4 Å². The number of rotatable bonds is 4. The summed E-state index contributed by atoms with van der Waals surface area (Å²) in [6.07, 6.45) is 3.90. The smallest absolute Gasteiger partial charge is 0.259 e. The highest BCUT2D eigenvalue weighted by Gasteiger charge is 2.25. The maximum Gasteiger partial charge on any atom is 0.259 e. The van der Waals surface area contributed by atoms with E-state index < -0.39 is 0 Å². The minimum atomic E-state index is -0.333. The first-order valence-electron chi connectivity index (χ1n) is 10.1. The number of carbonyl (C=O) groups excluding carboxylic acids is 1. The number of anilines is 4. The Bertz CT molecular complexity index is 930. The molecule has 1 saturated heterocycles. The largest absolute Gasteiger partial charge is 0.490 e. The van der Waals surface area contributed by atoms with E-state index in [-0.39, 0.29) is 23.3 Å². The molecule has 1 unspecified atom stereocenters. The predicted molar refractivity (Wildman–Crippen MR) is 121 cm³/mol. The predicted octanol–water partition coefficient (Wildman–Crippen LogP) is 0.995. The molecule has 4 rings (SSSR count). The molecule has 31 heavy (non-hydrogen) atoms. The monoisotopic (exact) mass is 430 g/mol. The van der Waals surface area contributed by atoms with Gasteiger partial charge in [0.15, 0.2) is 0 Å². The fourth-order valence-corrected chi connectivity index (χ4v) is 3.73. The zero-order valence-corrected chi connectivity index (χ0v) is 18.1. The highest BCUT2D eigenvalue weighted by Crippen LogP contribution is 2.39. The van der Waals surface area contributed by atoms with Gasteiger partial charge in [-0.1, -0.05) is 0 Å². The Kier molecular flexibility index (Phi) is 7.16. The van der Waals surface area contributed by atoms with E-state index >= 15 is 0 Å². The summed E-state index contributed by atoms with van der Waals surface area (Å²) in [5, 5.41) is 11.4. The molecule has 1 amide bonds. The minimum absolute atomic E-state index is 0.116. The van der Waals surface area contributed by atoms with Gasteiger partial charge in [-0.3, -0.25) is 9.78 Å². The number of hydrogen-bond donors (Lipinski definition) is 4. The highest BCUT2D eigenvalue weighted by molar-refractivity contribution is 6.10. The molecule has 0 bridgehead atoms. The Morgan fingerprint density at radius 3 is 2.68 bits per heavy atom. The maximum absolute atomic E-state index is 13.0. The van der Waals surface area contributed by atoms with Crippen molar-refractivity contribution in [1.82, 2.24) is 4.98 Å². The Hall–Kier alpha value is -3.08. The highest BCUT2D eigenvalue weighted by atomic mass is 16.5. The van der Waals surface area contributed by atoms with Crippen LogP contribution in [-0.4, -0.2) is 62.6 Å². The van der Waals surface area contributed by atoms with Gasteiger partial charge in [0.25, 0.3) is 5.91 Å². The molecule has 1 atom stereocenters.